The summed E-state index contributed by atoms with van der Waals surface area (Å²) in [6.45, 7) is 2.81. The lowest BCUT2D eigenvalue weighted by atomic mass is 10.5. The van der Waals surface area contributed by atoms with Crippen molar-refractivity contribution >= 4 is 11.8 Å². The summed E-state index contributed by atoms with van der Waals surface area (Å²) in [7, 11) is 0. The molecule has 2 N–H and O–H groups in total. The molecule has 0 bridgehead atoms. The van der Waals surface area contributed by atoms with E-state index in [0.717, 1.165) is 29.2 Å². The zero-order chi connectivity index (χ0) is 10.7. The molecule has 2 rings (SSSR count). The third-order valence-corrected chi connectivity index (χ3v) is 3.07. The number of nitrogens with one attached hydrogen (secondary N) is 2. The van der Waals surface area contributed by atoms with E-state index >= 15 is 0 Å². The molecule has 5 heteroatoms. The first-order chi connectivity index (χ1) is 7.24. The van der Waals surface area contributed by atoms with Gasteiger partial charge in [-0.1, -0.05) is 11.8 Å². The van der Waals surface area contributed by atoms with Crippen molar-refractivity contribution in [1.82, 2.24) is 15.3 Å². The molecule has 4 nitrogen and oxygen atoms in total. The molecule has 15 heavy (non-hydrogen) atoms. The first-order valence-corrected chi connectivity index (χ1v) is 6.17. The third kappa shape index (κ3) is 3.68. The molecular weight excluding hydrogens is 210 g/mol. The van der Waals surface area contributed by atoms with Gasteiger partial charge in [-0.15, -0.1) is 0 Å². The van der Waals surface area contributed by atoms with Gasteiger partial charge in [-0.25, -0.2) is 4.98 Å². The van der Waals surface area contributed by atoms with E-state index in [4.69, 9.17) is 0 Å². The maximum atomic E-state index is 11.1. The molecule has 0 amide bonds. The van der Waals surface area contributed by atoms with Gasteiger partial charge in [0.1, 0.15) is 0 Å². The minimum atomic E-state index is -0.0693. The van der Waals surface area contributed by atoms with Crippen LogP contribution in [-0.4, -0.2) is 28.3 Å². The molecule has 1 saturated carbocycles. The summed E-state index contributed by atoms with van der Waals surface area (Å²) in [5.41, 5.74) is 0.705. The molecule has 1 heterocycles. The van der Waals surface area contributed by atoms with Crippen molar-refractivity contribution in [3.8, 4) is 0 Å². The molecule has 0 unspecified atom stereocenters. The van der Waals surface area contributed by atoms with Crippen LogP contribution in [0.4, 0.5) is 0 Å². The highest BCUT2D eigenvalue weighted by Gasteiger charge is 2.19. The number of hydrogen-bond donors (Lipinski definition) is 2. The van der Waals surface area contributed by atoms with Crippen LogP contribution in [-0.2, 0) is 0 Å². The van der Waals surface area contributed by atoms with Gasteiger partial charge in [-0.3, -0.25) is 4.79 Å². The molecule has 1 aliphatic rings. The Morgan fingerprint density at radius 2 is 2.47 bits per heavy atom. The normalized spacial score (nSPS) is 15.5. The van der Waals surface area contributed by atoms with Crippen molar-refractivity contribution in [3.05, 3.63) is 22.1 Å². The van der Waals surface area contributed by atoms with Crippen LogP contribution in [0.3, 0.4) is 0 Å². The number of rotatable bonds is 5. The highest BCUT2D eigenvalue weighted by atomic mass is 32.2. The molecule has 0 radical (unpaired) electrons. The SMILES string of the molecule is Cc1cc(=O)[nH]c(SCCNC2CC2)n1. The number of aromatic nitrogens is 2. The van der Waals surface area contributed by atoms with E-state index in [-0.39, 0.29) is 5.56 Å². The highest BCUT2D eigenvalue weighted by molar-refractivity contribution is 7.99. The Labute approximate surface area is 92.9 Å². The molecule has 82 valence electrons. The highest BCUT2D eigenvalue weighted by Crippen LogP contribution is 2.18. The van der Waals surface area contributed by atoms with Crippen LogP contribution in [0.2, 0.25) is 0 Å². The molecule has 0 aliphatic heterocycles. The zero-order valence-corrected chi connectivity index (χ0v) is 9.56. The summed E-state index contributed by atoms with van der Waals surface area (Å²) in [5.74, 6) is 0.947. The lowest BCUT2D eigenvalue weighted by Gasteiger charge is -2.02. The Hall–Kier alpha value is -0.810. The topological polar surface area (TPSA) is 57.8 Å². The molecule has 1 aromatic heterocycles. The van der Waals surface area contributed by atoms with E-state index in [2.05, 4.69) is 15.3 Å². The number of thioether (sulfide) groups is 1. The van der Waals surface area contributed by atoms with Crippen molar-refractivity contribution in [2.24, 2.45) is 0 Å². The van der Waals surface area contributed by atoms with Gasteiger partial charge in [0.15, 0.2) is 5.16 Å². The lowest BCUT2D eigenvalue weighted by molar-refractivity contribution is 0.725. The average Bonchev–Trinajstić information content (AvgIpc) is 2.94. The number of aryl methyl sites for hydroxylation is 1. The minimum Gasteiger partial charge on any atom is -0.313 e. The van der Waals surface area contributed by atoms with Gasteiger partial charge in [0.2, 0.25) is 0 Å². The molecule has 1 aromatic rings. The van der Waals surface area contributed by atoms with Crippen molar-refractivity contribution < 1.29 is 0 Å². The second-order valence-electron chi connectivity index (χ2n) is 3.77. The Balaban J connectivity index is 1.78. The summed E-state index contributed by atoms with van der Waals surface area (Å²) >= 11 is 1.59. The zero-order valence-electron chi connectivity index (χ0n) is 8.75. The molecular formula is C10H15N3OS. The van der Waals surface area contributed by atoms with E-state index in [1.807, 2.05) is 6.92 Å². The summed E-state index contributed by atoms with van der Waals surface area (Å²) in [4.78, 5) is 18.1. The second kappa shape index (κ2) is 4.81. The summed E-state index contributed by atoms with van der Waals surface area (Å²) in [5, 5.41) is 4.14. The first-order valence-electron chi connectivity index (χ1n) is 5.18. The average molecular weight is 225 g/mol. The van der Waals surface area contributed by atoms with Gasteiger partial charge in [-0.05, 0) is 19.8 Å². The molecule has 1 fully saturated rings. The number of nitrogens with zero attached hydrogens (tertiary/aromatic N) is 1. The van der Waals surface area contributed by atoms with E-state index in [1.165, 1.54) is 18.9 Å². The van der Waals surface area contributed by atoms with E-state index in [0.29, 0.717) is 0 Å². The number of hydrogen-bond acceptors (Lipinski definition) is 4. The van der Waals surface area contributed by atoms with Crippen LogP contribution in [0.25, 0.3) is 0 Å². The fraction of sp³-hybridized carbons (Fsp3) is 0.600. The molecule has 0 aromatic carbocycles. The van der Waals surface area contributed by atoms with Gasteiger partial charge in [0, 0.05) is 30.1 Å². The lowest BCUT2D eigenvalue weighted by Crippen LogP contribution is -2.19. The largest absolute Gasteiger partial charge is 0.313 e. The molecule has 0 spiro atoms. The minimum absolute atomic E-state index is 0.0693. The van der Waals surface area contributed by atoms with Crippen LogP contribution >= 0.6 is 11.8 Å². The Morgan fingerprint density at radius 1 is 1.67 bits per heavy atom. The predicted octanol–water partition coefficient (Wildman–Crippen LogP) is 0.922. The van der Waals surface area contributed by atoms with Crippen LogP contribution in [0.1, 0.15) is 18.5 Å². The second-order valence-corrected chi connectivity index (χ2v) is 4.85. The van der Waals surface area contributed by atoms with E-state index < -0.39 is 0 Å². The fourth-order valence-electron chi connectivity index (χ4n) is 1.32. The number of H-pyrrole nitrogens is 1. The molecule has 1 aliphatic carbocycles. The van der Waals surface area contributed by atoms with Crippen LogP contribution in [0.15, 0.2) is 16.0 Å². The van der Waals surface area contributed by atoms with Crippen LogP contribution in [0.5, 0.6) is 0 Å². The monoisotopic (exact) mass is 225 g/mol. The Kier molecular flexibility index (Phi) is 3.43. The summed E-state index contributed by atoms with van der Waals surface area (Å²) < 4.78 is 0. The first kappa shape index (κ1) is 10.7. The van der Waals surface area contributed by atoms with Crippen molar-refractivity contribution in [2.45, 2.75) is 31.0 Å². The standard InChI is InChI=1S/C10H15N3OS/c1-7-6-9(14)13-10(12-7)15-5-4-11-8-2-3-8/h6,8,11H,2-5H2,1H3,(H,12,13,14). The molecule has 0 saturated heterocycles. The summed E-state index contributed by atoms with van der Waals surface area (Å²) in [6, 6.07) is 2.25. The van der Waals surface area contributed by atoms with Crippen LogP contribution < -0.4 is 10.9 Å². The van der Waals surface area contributed by atoms with Gasteiger partial charge < -0.3 is 10.3 Å². The smallest absolute Gasteiger partial charge is 0.251 e. The molecule has 0 atom stereocenters. The quantitative estimate of drug-likeness (QED) is 0.444. The fourth-order valence-corrected chi connectivity index (χ4v) is 2.11. The Bertz CT molecular complexity index is 386. The Morgan fingerprint density at radius 3 is 3.13 bits per heavy atom. The van der Waals surface area contributed by atoms with Gasteiger partial charge in [0.05, 0.1) is 0 Å². The maximum absolute atomic E-state index is 11.1. The number of aromatic amines is 1. The summed E-state index contributed by atoms with van der Waals surface area (Å²) in [6.07, 6.45) is 2.62. The van der Waals surface area contributed by atoms with E-state index in [1.54, 1.807) is 11.8 Å². The van der Waals surface area contributed by atoms with Crippen molar-refractivity contribution in [3.63, 3.8) is 0 Å². The van der Waals surface area contributed by atoms with Gasteiger partial charge >= 0.3 is 0 Å². The van der Waals surface area contributed by atoms with Crippen LogP contribution in [0, 0.1) is 6.92 Å². The van der Waals surface area contributed by atoms with Gasteiger partial charge in [0.25, 0.3) is 5.56 Å². The maximum Gasteiger partial charge on any atom is 0.251 e. The van der Waals surface area contributed by atoms with Gasteiger partial charge in [-0.2, -0.15) is 0 Å². The van der Waals surface area contributed by atoms with E-state index in [9.17, 15) is 4.79 Å². The van der Waals surface area contributed by atoms with Crippen molar-refractivity contribution in [2.75, 3.05) is 12.3 Å². The third-order valence-electron chi connectivity index (χ3n) is 2.20. The van der Waals surface area contributed by atoms with Crippen molar-refractivity contribution in [1.29, 1.82) is 0 Å². The predicted molar refractivity (Wildman–Crippen MR) is 61.3 cm³/mol.